The third kappa shape index (κ3) is 3.14. The third-order valence-corrected chi connectivity index (χ3v) is 3.96. The minimum atomic E-state index is 0.358. The van der Waals surface area contributed by atoms with Crippen LogP contribution in [0.25, 0.3) is 0 Å². The number of rotatable bonds is 5. The zero-order valence-electron chi connectivity index (χ0n) is 10.4. The Morgan fingerprint density at radius 2 is 2.29 bits per heavy atom. The van der Waals surface area contributed by atoms with Gasteiger partial charge in [-0.25, -0.2) is 9.97 Å². The lowest BCUT2D eigenvalue weighted by Gasteiger charge is -2.11. The van der Waals surface area contributed by atoms with Crippen LogP contribution in [0.4, 0.5) is 0 Å². The van der Waals surface area contributed by atoms with Gasteiger partial charge in [-0.15, -0.1) is 11.3 Å². The van der Waals surface area contributed by atoms with Crippen LogP contribution >= 0.6 is 11.3 Å². The highest BCUT2D eigenvalue weighted by atomic mass is 32.1. The number of H-pyrrole nitrogens is 1. The SMILES string of the molecule is Cc1nc(C)c(C(C)NCCc2ncc[nH]2)s1. The first-order chi connectivity index (χ1) is 8.16. The van der Waals surface area contributed by atoms with Crippen LogP contribution in [0.15, 0.2) is 12.4 Å². The van der Waals surface area contributed by atoms with Gasteiger partial charge >= 0.3 is 0 Å². The van der Waals surface area contributed by atoms with Crippen LogP contribution in [0, 0.1) is 13.8 Å². The summed E-state index contributed by atoms with van der Waals surface area (Å²) >= 11 is 1.77. The number of thiazole rings is 1. The predicted octanol–water partition coefficient (Wildman–Crippen LogP) is 2.38. The first-order valence-electron chi connectivity index (χ1n) is 5.82. The van der Waals surface area contributed by atoms with Crippen LogP contribution in [-0.2, 0) is 6.42 Å². The molecule has 0 bridgehead atoms. The fourth-order valence-electron chi connectivity index (χ4n) is 1.88. The van der Waals surface area contributed by atoms with E-state index in [4.69, 9.17) is 0 Å². The molecule has 17 heavy (non-hydrogen) atoms. The molecule has 1 atom stereocenters. The molecule has 0 saturated carbocycles. The van der Waals surface area contributed by atoms with Gasteiger partial charge in [0.05, 0.1) is 10.7 Å². The van der Waals surface area contributed by atoms with Crippen molar-refractivity contribution in [3.63, 3.8) is 0 Å². The largest absolute Gasteiger partial charge is 0.349 e. The van der Waals surface area contributed by atoms with Gasteiger partial charge in [0.15, 0.2) is 0 Å². The molecule has 0 aromatic carbocycles. The molecule has 5 heteroatoms. The number of hydrogen-bond acceptors (Lipinski definition) is 4. The van der Waals surface area contributed by atoms with Crippen LogP contribution in [0.5, 0.6) is 0 Å². The van der Waals surface area contributed by atoms with E-state index in [9.17, 15) is 0 Å². The van der Waals surface area contributed by atoms with Crippen molar-refractivity contribution in [2.75, 3.05) is 6.54 Å². The summed E-state index contributed by atoms with van der Waals surface area (Å²) in [5.41, 5.74) is 1.14. The smallest absolute Gasteiger partial charge is 0.107 e. The lowest BCUT2D eigenvalue weighted by molar-refractivity contribution is 0.575. The van der Waals surface area contributed by atoms with Crippen LogP contribution in [-0.4, -0.2) is 21.5 Å². The fourth-order valence-corrected chi connectivity index (χ4v) is 2.84. The molecule has 4 nitrogen and oxygen atoms in total. The van der Waals surface area contributed by atoms with E-state index < -0.39 is 0 Å². The zero-order chi connectivity index (χ0) is 12.3. The highest BCUT2D eigenvalue weighted by Crippen LogP contribution is 2.24. The third-order valence-electron chi connectivity index (χ3n) is 2.70. The van der Waals surface area contributed by atoms with Crippen molar-refractivity contribution in [2.24, 2.45) is 0 Å². The number of aromatic nitrogens is 3. The molecule has 0 fully saturated rings. The quantitative estimate of drug-likeness (QED) is 0.856. The Bertz CT molecular complexity index is 461. The molecule has 0 amide bonds. The van der Waals surface area contributed by atoms with Crippen molar-refractivity contribution >= 4 is 11.3 Å². The van der Waals surface area contributed by atoms with Gasteiger partial charge in [-0.2, -0.15) is 0 Å². The minimum absolute atomic E-state index is 0.358. The Morgan fingerprint density at radius 1 is 1.47 bits per heavy atom. The highest BCUT2D eigenvalue weighted by molar-refractivity contribution is 7.11. The molecule has 92 valence electrons. The minimum Gasteiger partial charge on any atom is -0.349 e. The topological polar surface area (TPSA) is 53.6 Å². The lowest BCUT2D eigenvalue weighted by atomic mass is 10.2. The summed E-state index contributed by atoms with van der Waals surface area (Å²) in [7, 11) is 0. The first-order valence-corrected chi connectivity index (χ1v) is 6.64. The van der Waals surface area contributed by atoms with Crippen molar-refractivity contribution < 1.29 is 0 Å². The normalized spacial score (nSPS) is 12.9. The molecule has 2 rings (SSSR count). The Morgan fingerprint density at radius 3 is 2.88 bits per heavy atom. The second kappa shape index (κ2) is 5.42. The number of imidazole rings is 1. The monoisotopic (exact) mass is 250 g/mol. The summed E-state index contributed by atoms with van der Waals surface area (Å²) in [5.74, 6) is 1.03. The lowest BCUT2D eigenvalue weighted by Crippen LogP contribution is -2.21. The van der Waals surface area contributed by atoms with Crippen molar-refractivity contribution in [1.82, 2.24) is 20.3 Å². The van der Waals surface area contributed by atoms with Crippen molar-refractivity contribution in [1.29, 1.82) is 0 Å². The molecule has 2 aromatic rings. The van der Waals surface area contributed by atoms with Crippen molar-refractivity contribution in [2.45, 2.75) is 33.2 Å². The molecule has 0 saturated heterocycles. The summed E-state index contributed by atoms with van der Waals surface area (Å²) in [6.07, 6.45) is 4.57. The van der Waals surface area contributed by atoms with Crippen LogP contribution in [0.1, 0.15) is 34.4 Å². The van der Waals surface area contributed by atoms with Crippen LogP contribution < -0.4 is 5.32 Å². The van der Waals surface area contributed by atoms with Crippen molar-refractivity contribution in [3.8, 4) is 0 Å². The highest BCUT2D eigenvalue weighted by Gasteiger charge is 2.12. The Labute approximate surface area is 106 Å². The number of nitrogens with zero attached hydrogens (tertiary/aromatic N) is 2. The van der Waals surface area contributed by atoms with Gasteiger partial charge in [0.25, 0.3) is 0 Å². The van der Waals surface area contributed by atoms with Crippen LogP contribution in [0.3, 0.4) is 0 Å². The number of hydrogen-bond donors (Lipinski definition) is 2. The fraction of sp³-hybridized carbons (Fsp3) is 0.500. The second-order valence-corrected chi connectivity index (χ2v) is 5.38. The maximum atomic E-state index is 4.45. The molecule has 0 spiro atoms. The van der Waals surface area contributed by atoms with Crippen molar-refractivity contribution in [3.05, 3.63) is 33.8 Å². The maximum Gasteiger partial charge on any atom is 0.107 e. The number of aromatic amines is 1. The molecule has 1 unspecified atom stereocenters. The Hall–Kier alpha value is -1.20. The van der Waals surface area contributed by atoms with Gasteiger partial charge < -0.3 is 10.3 Å². The predicted molar refractivity (Wildman–Crippen MR) is 70.3 cm³/mol. The average Bonchev–Trinajstić information content (AvgIpc) is 2.88. The maximum absolute atomic E-state index is 4.45. The Balaban J connectivity index is 1.85. The van der Waals surface area contributed by atoms with Gasteiger partial charge in [0.2, 0.25) is 0 Å². The van der Waals surface area contributed by atoms with Gasteiger partial charge in [0.1, 0.15) is 5.82 Å². The molecule has 2 N–H and O–H groups in total. The standard InChI is InChI=1S/C12H18N4S/c1-8(12-9(2)16-10(3)17-12)13-5-4-11-14-6-7-15-11/h6-8,13H,4-5H2,1-3H3,(H,14,15). The van der Waals surface area contributed by atoms with E-state index in [1.54, 1.807) is 17.5 Å². The zero-order valence-corrected chi connectivity index (χ0v) is 11.3. The molecule has 0 aliphatic carbocycles. The number of aryl methyl sites for hydroxylation is 2. The average molecular weight is 250 g/mol. The summed E-state index contributed by atoms with van der Waals surface area (Å²) in [4.78, 5) is 13.1. The summed E-state index contributed by atoms with van der Waals surface area (Å²) in [6, 6.07) is 0.358. The molecule has 0 aliphatic heterocycles. The molecule has 0 radical (unpaired) electrons. The van der Waals surface area contributed by atoms with Gasteiger partial charge in [-0.3, -0.25) is 0 Å². The van der Waals surface area contributed by atoms with E-state index in [1.807, 2.05) is 6.20 Å². The molecule has 2 heterocycles. The van der Waals surface area contributed by atoms with E-state index in [0.717, 1.165) is 29.5 Å². The molecule has 0 aliphatic rings. The van der Waals surface area contributed by atoms with Gasteiger partial charge in [0, 0.05) is 36.3 Å². The van der Waals surface area contributed by atoms with E-state index in [1.165, 1.54) is 4.88 Å². The van der Waals surface area contributed by atoms with E-state index in [-0.39, 0.29) is 0 Å². The Kier molecular flexibility index (Phi) is 3.91. The molecular weight excluding hydrogens is 232 g/mol. The van der Waals surface area contributed by atoms with E-state index >= 15 is 0 Å². The first kappa shape index (κ1) is 12.3. The summed E-state index contributed by atoms with van der Waals surface area (Å²) < 4.78 is 0. The summed E-state index contributed by atoms with van der Waals surface area (Å²) in [6.45, 7) is 7.23. The molecular formula is C12H18N4S. The second-order valence-electron chi connectivity index (χ2n) is 4.14. The van der Waals surface area contributed by atoms with Gasteiger partial charge in [-0.1, -0.05) is 0 Å². The number of nitrogens with one attached hydrogen (secondary N) is 2. The van der Waals surface area contributed by atoms with E-state index in [2.05, 4.69) is 41.0 Å². The van der Waals surface area contributed by atoms with Gasteiger partial charge in [-0.05, 0) is 20.8 Å². The summed E-state index contributed by atoms with van der Waals surface area (Å²) in [5, 5.41) is 4.64. The van der Waals surface area contributed by atoms with E-state index in [0.29, 0.717) is 6.04 Å². The molecule has 2 aromatic heterocycles. The van der Waals surface area contributed by atoms with Crippen LogP contribution in [0.2, 0.25) is 0 Å².